The number of nitrogens with one attached hydrogen (secondary N) is 1. The number of hydrogen-bond donors (Lipinski definition) is 2. The number of fused-ring (bicyclic) bond motifs is 2. The fourth-order valence-electron chi connectivity index (χ4n) is 3.54. The second kappa shape index (κ2) is 6.35. The number of hydrogen-bond acceptors (Lipinski definition) is 7. The molecule has 3 N–H and O–H groups in total. The Morgan fingerprint density at radius 1 is 1.07 bits per heavy atom. The Morgan fingerprint density at radius 3 is 2.93 bits per heavy atom. The van der Waals surface area contributed by atoms with E-state index < -0.39 is 0 Å². The molecule has 27 heavy (non-hydrogen) atoms. The van der Waals surface area contributed by atoms with Crippen molar-refractivity contribution >= 4 is 23.0 Å². The molecule has 0 amide bonds. The van der Waals surface area contributed by atoms with E-state index in [1.165, 1.54) is 5.56 Å². The first-order valence-corrected chi connectivity index (χ1v) is 8.88. The molecule has 2 aliphatic heterocycles. The third kappa shape index (κ3) is 2.77. The Hall–Kier alpha value is -3.48. The molecule has 2 aromatic carbocycles. The number of nitrogens with zero attached hydrogens (tertiary/aromatic N) is 3. The summed E-state index contributed by atoms with van der Waals surface area (Å²) in [7, 11) is 0. The highest BCUT2D eigenvalue weighted by Crippen LogP contribution is 2.38. The highest BCUT2D eigenvalue weighted by molar-refractivity contribution is 5.81. The molecular weight excluding hydrogens is 342 g/mol. The zero-order valence-electron chi connectivity index (χ0n) is 14.7. The molecule has 3 aromatic rings. The lowest BCUT2D eigenvalue weighted by molar-refractivity contribution is 0.174. The van der Waals surface area contributed by atoms with Crippen LogP contribution in [0.25, 0.3) is 0 Å². The van der Waals surface area contributed by atoms with E-state index in [4.69, 9.17) is 15.2 Å². The van der Waals surface area contributed by atoms with Crippen LogP contribution in [0.4, 0.5) is 23.0 Å². The first-order valence-electron chi connectivity index (χ1n) is 8.88. The molecule has 5 rings (SSSR count). The summed E-state index contributed by atoms with van der Waals surface area (Å²) in [5, 5.41) is 3.31. The lowest BCUT2D eigenvalue weighted by Crippen LogP contribution is -2.18. The van der Waals surface area contributed by atoms with Gasteiger partial charge in [-0.3, -0.25) is 0 Å². The zero-order chi connectivity index (χ0) is 18.2. The minimum atomic E-state index is 0.270. The van der Waals surface area contributed by atoms with Crippen molar-refractivity contribution in [2.24, 2.45) is 0 Å². The quantitative estimate of drug-likeness (QED) is 0.738. The Balaban J connectivity index is 1.38. The monoisotopic (exact) mass is 361 g/mol. The number of aromatic nitrogens is 2. The van der Waals surface area contributed by atoms with E-state index in [-0.39, 0.29) is 6.79 Å². The van der Waals surface area contributed by atoms with Crippen molar-refractivity contribution in [2.45, 2.75) is 13.0 Å². The smallest absolute Gasteiger partial charge is 0.231 e. The molecule has 3 heterocycles. The summed E-state index contributed by atoms with van der Waals surface area (Å²) in [5.41, 5.74) is 10.5. The fraction of sp³-hybridized carbons (Fsp3) is 0.200. The number of nitrogens with two attached hydrogens (primary N) is 1. The maximum absolute atomic E-state index is 6.40. The average Bonchev–Trinajstić information content (AvgIpc) is 3.33. The average molecular weight is 361 g/mol. The summed E-state index contributed by atoms with van der Waals surface area (Å²) in [6.45, 7) is 1.71. The van der Waals surface area contributed by atoms with E-state index in [1.807, 2.05) is 24.3 Å². The predicted molar refractivity (Wildman–Crippen MR) is 103 cm³/mol. The first kappa shape index (κ1) is 15.7. The fourth-order valence-corrected chi connectivity index (χ4v) is 3.54. The van der Waals surface area contributed by atoms with E-state index in [1.54, 1.807) is 6.33 Å². The van der Waals surface area contributed by atoms with E-state index in [2.05, 4.69) is 38.4 Å². The van der Waals surface area contributed by atoms with Gasteiger partial charge in [-0.05, 0) is 35.7 Å². The van der Waals surface area contributed by atoms with Crippen LogP contribution in [0.5, 0.6) is 11.5 Å². The van der Waals surface area contributed by atoms with Crippen LogP contribution in [0.15, 0.2) is 48.8 Å². The van der Waals surface area contributed by atoms with Crippen molar-refractivity contribution in [3.8, 4) is 11.5 Å². The molecular formula is C20H19N5O2. The van der Waals surface area contributed by atoms with Crippen LogP contribution >= 0.6 is 0 Å². The predicted octanol–water partition coefficient (Wildman–Crippen LogP) is 3.09. The lowest BCUT2D eigenvalue weighted by Gasteiger charge is -2.21. The summed E-state index contributed by atoms with van der Waals surface area (Å²) in [5.74, 6) is 2.90. The van der Waals surface area contributed by atoms with E-state index in [9.17, 15) is 0 Å². The van der Waals surface area contributed by atoms with Crippen LogP contribution in [0, 0.1) is 0 Å². The molecule has 7 nitrogen and oxygen atoms in total. The van der Waals surface area contributed by atoms with Crippen LogP contribution in [0.1, 0.15) is 11.1 Å². The SMILES string of the molecule is Nc1c(NCc2ccc3c(c2)OCO3)ncnc1N1CCc2ccccc21. The Labute approximate surface area is 156 Å². The standard InChI is InChI=1S/C20H19N5O2/c21-18-19(22-10-13-5-6-16-17(9-13)27-12-26-16)23-11-24-20(18)25-8-7-14-3-1-2-4-15(14)25/h1-6,9,11H,7-8,10,12,21H2,(H,22,23,24). The van der Waals surface area contributed by atoms with Gasteiger partial charge in [0.25, 0.3) is 0 Å². The molecule has 7 heteroatoms. The van der Waals surface area contributed by atoms with Gasteiger partial charge in [-0.1, -0.05) is 24.3 Å². The maximum Gasteiger partial charge on any atom is 0.231 e. The van der Waals surface area contributed by atoms with Gasteiger partial charge in [0.2, 0.25) is 6.79 Å². The normalized spacial score (nSPS) is 14.3. The number of anilines is 4. The number of rotatable bonds is 4. The summed E-state index contributed by atoms with van der Waals surface area (Å²) >= 11 is 0. The minimum absolute atomic E-state index is 0.270. The van der Waals surface area contributed by atoms with E-state index in [0.717, 1.165) is 41.5 Å². The van der Waals surface area contributed by atoms with Gasteiger partial charge in [0, 0.05) is 18.8 Å². The highest BCUT2D eigenvalue weighted by Gasteiger charge is 2.24. The Bertz CT molecular complexity index is 1010. The zero-order valence-corrected chi connectivity index (χ0v) is 14.7. The molecule has 0 unspecified atom stereocenters. The van der Waals surface area contributed by atoms with Crippen molar-refractivity contribution in [1.82, 2.24) is 9.97 Å². The van der Waals surface area contributed by atoms with Gasteiger partial charge in [0.1, 0.15) is 12.0 Å². The molecule has 0 bridgehead atoms. The summed E-state index contributed by atoms with van der Waals surface area (Å²) in [6, 6.07) is 14.2. The van der Waals surface area contributed by atoms with Crippen LogP contribution in [0.3, 0.4) is 0 Å². The van der Waals surface area contributed by atoms with Crippen LogP contribution in [-0.2, 0) is 13.0 Å². The van der Waals surface area contributed by atoms with Gasteiger partial charge in [-0.25, -0.2) is 9.97 Å². The molecule has 0 saturated heterocycles. The second-order valence-electron chi connectivity index (χ2n) is 6.53. The highest BCUT2D eigenvalue weighted by atomic mass is 16.7. The lowest BCUT2D eigenvalue weighted by atomic mass is 10.2. The van der Waals surface area contributed by atoms with Gasteiger partial charge < -0.3 is 25.4 Å². The van der Waals surface area contributed by atoms with E-state index in [0.29, 0.717) is 18.1 Å². The molecule has 1 aromatic heterocycles. The molecule has 0 atom stereocenters. The van der Waals surface area contributed by atoms with Crippen molar-refractivity contribution in [2.75, 3.05) is 29.3 Å². The summed E-state index contributed by atoms with van der Waals surface area (Å²) in [4.78, 5) is 10.9. The van der Waals surface area contributed by atoms with Crippen molar-refractivity contribution < 1.29 is 9.47 Å². The maximum atomic E-state index is 6.40. The van der Waals surface area contributed by atoms with Crippen LogP contribution in [0.2, 0.25) is 0 Å². The molecule has 0 aliphatic carbocycles. The molecule has 136 valence electrons. The molecule has 2 aliphatic rings. The molecule has 0 saturated carbocycles. The largest absolute Gasteiger partial charge is 0.454 e. The number of ether oxygens (including phenoxy) is 2. The van der Waals surface area contributed by atoms with Crippen molar-refractivity contribution in [3.05, 3.63) is 59.9 Å². The number of para-hydroxylation sites is 1. The van der Waals surface area contributed by atoms with Crippen molar-refractivity contribution in [3.63, 3.8) is 0 Å². The first-order chi connectivity index (χ1) is 13.3. The third-order valence-electron chi connectivity index (χ3n) is 4.90. The summed E-state index contributed by atoms with van der Waals surface area (Å²) < 4.78 is 10.8. The third-order valence-corrected chi connectivity index (χ3v) is 4.90. The van der Waals surface area contributed by atoms with E-state index >= 15 is 0 Å². The molecule has 0 fully saturated rings. The van der Waals surface area contributed by atoms with Gasteiger partial charge in [-0.15, -0.1) is 0 Å². The topological polar surface area (TPSA) is 85.5 Å². The molecule has 0 radical (unpaired) electrons. The Morgan fingerprint density at radius 2 is 1.96 bits per heavy atom. The van der Waals surface area contributed by atoms with Gasteiger partial charge in [0.15, 0.2) is 23.1 Å². The minimum Gasteiger partial charge on any atom is -0.454 e. The van der Waals surface area contributed by atoms with Gasteiger partial charge in [0.05, 0.1) is 0 Å². The van der Waals surface area contributed by atoms with Gasteiger partial charge >= 0.3 is 0 Å². The second-order valence-corrected chi connectivity index (χ2v) is 6.53. The number of benzene rings is 2. The van der Waals surface area contributed by atoms with Crippen LogP contribution < -0.4 is 25.4 Å². The van der Waals surface area contributed by atoms with Crippen molar-refractivity contribution in [1.29, 1.82) is 0 Å². The molecule has 0 spiro atoms. The Kier molecular flexibility index (Phi) is 3.71. The van der Waals surface area contributed by atoms with Gasteiger partial charge in [-0.2, -0.15) is 0 Å². The van der Waals surface area contributed by atoms with Crippen LogP contribution in [-0.4, -0.2) is 23.3 Å². The number of nitrogen functional groups attached to an aromatic ring is 1. The summed E-state index contributed by atoms with van der Waals surface area (Å²) in [6.07, 6.45) is 2.54.